The van der Waals surface area contributed by atoms with Crippen molar-refractivity contribution in [2.24, 2.45) is 5.73 Å². The van der Waals surface area contributed by atoms with Gasteiger partial charge in [-0.3, -0.25) is 9.88 Å². The lowest BCUT2D eigenvalue weighted by Gasteiger charge is -2.13. The van der Waals surface area contributed by atoms with Crippen molar-refractivity contribution in [3.63, 3.8) is 0 Å². The Balaban J connectivity index is 2.12. The molecule has 2 rings (SSSR count). The molecule has 1 amide bonds. The predicted molar refractivity (Wildman–Crippen MR) is 53.9 cm³/mol. The molecule has 5 heteroatoms. The van der Waals surface area contributed by atoms with Crippen LogP contribution >= 0.6 is 0 Å². The van der Waals surface area contributed by atoms with Gasteiger partial charge in [0.2, 0.25) is 0 Å². The van der Waals surface area contributed by atoms with Crippen LogP contribution in [0.4, 0.5) is 4.79 Å². The van der Waals surface area contributed by atoms with Gasteiger partial charge in [-0.1, -0.05) is 6.07 Å². The summed E-state index contributed by atoms with van der Waals surface area (Å²) in [5.74, 6) is 0. The van der Waals surface area contributed by atoms with Crippen molar-refractivity contribution in [1.82, 2.24) is 9.88 Å². The van der Waals surface area contributed by atoms with Crippen molar-refractivity contribution in [2.75, 3.05) is 13.2 Å². The van der Waals surface area contributed by atoms with Crippen LogP contribution in [-0.2, 0) is 17.8 Å². The zero-order valence-corrected chi connectivity index (χ0v) is 8.35. The van der Waals surface area contributed by atoms with Crippen molar-refractivity contribution >= 4 is 6.09 Å². The molecule has 0 bridgehead atoms. The van der Waals surface area contributed by atoms with Crippen molar-refractivity contribution in [2.45, 2.75) is 13.1 Å². The standard InChI is InChI=1S/C10H13N3O2/c11-6-8-2-1-3-12-9(8)7-13-4-5-15-10(13)14/h1-3H,4-7,11H2. The molecule has 0 saturated carbocycles. The normalized spacial score (nSPS) is 15.5. The minimum atomic E-state index is -0.274. The van der Waals surface area contributed by atoms with E-state index in [0.717, 1.165) is 11.3 Å². The highest BCUT2D eigenvalue weighted by atomic mass is 16.6. The first-order valence-electron chi connectivity index (χ1n) is 4.86. The number of aromatic nitrogens is 1. The van der Waals surface area contributed by atoms with Crippen LogP contribution in [0.5, 0.6) is 0 Å². The maximum atomic E-state index is 11.2. The van der Waals surface area contributed by atoms with Crippen LogP contribution in [0.2, 0.25) is 0 Å². The van der Waals surface area contributed by atoms with E-state index in [0.29, 0.717) is 26.2 Å². The van der Waals surface area contributed by atoms with Gasteiger partial charge >= 0.3 is 6.09 Å². The van der Waals surface area contributed by atoms with Gasteiger partial charge in [0, 0.05) is 12.7 Å². The van der Waals surface area contributed by atoms with Gasteiger partial charge in [-0.15, -0.1) is 0 Å². The average Bonchev–Trinajstić information content (AvgIpc) is 2.65. The van der Waals surface area contributed by atoms with E-state index in [1.165, 1.54) is 0 Å². The van der Waals surface area contributed by atoms with Crippen molar-refractivity contribution in [1.29, 1.82) is 0 Å². The second kappa shape index (κ2) is 4.27. The third kappa shape index (κ3) is 2.07. The zero-order chi connectivity index (χ0) is 10.7. The van der Waals surface area contributed by atoms with Gasteiger partial charge in [0.15, 0.2) is 0 Å². The Labute approximate surface area is 87.8 Å². The molecule has 15 heavy (non-hydrogen) atoms. The quantitative estimate of drug-likeness (QED) is 0.783. The number of hydrogen-bond donors (Lipinski definition) is 1. The molecule has 0 radical (unpaired) electrons. The number of cyclic esters (lactones) is 1. The molecule has 1 aliphatic rings. The third-order valence-electron chi connectivity index (χ3n) is 2.39. The number of carbonyl (C=O) groups excluding carboxylic acids is 1. The summed E-state index contributed by atoms with van der Waals surface area (Å²) >= 11 is 0. The van der Waals surface area contributed by atoms with Crippen LogP contribution in [0.25, 0.3) is 0 Å². The Kier molecular flexibility index (Phi) is 2.82. The average molecular weight is 207 g/mol. The number of rotatable bonds is 3. The predicted octanol–water partition coefficient (Wildman–Crippen LogP) is 0.492. The summed E-state index contributed by atoms with van der Waals surface area (Å²) < 4.78 is 4.84. The maximum absolute atomic E-state index is 11.2. The Bertz CT molecular complexity index is 367. The Hall–Kier alpha value is -1.62. The lowest BCUT2D eigenvalue weighted by atomic mass is 10.2. The number of ether oxygens (including phenoxy) is 1. The smallest absolute Gasteiger partial charge is 0.410 e. The van der Waals surface area contributed by atoms with Crippen LogP contribution in [0.3, 0.4) is 0 Å². The summed E-state index contributed by atoms with van der Waals surface area (Å²) in [5.41, 5.74) is 7.40. The summed E-state index contributed by atoms with van der Waals surface area (Å²) in [6.07, 6.45) is 1.43. The first kappa shape index (κ1) is 9.92. The van der Waals surface area contributed by atoms with Gasteiger partial charge in [-0.2, -0.15) is 0 Å². The van der Waals surface area contributed by atoms with E-state index < -0.39 is 0 Å². The molecule has 0 unspecified atom stereocenters. The molecule has 80 valence electrons. The van der Waals surface area contributed by atoms with E-state index in [9.17, 15) is 4.79 Å². The molecule has 2 heterocycles. The highest BCUT2D eigenvalue weighted by Gasteiger charge is 2.22. The van der Waals surface area contributed by atoms with E-state index in [-0.39, 0.29) is 6.09 Å². The topological polar surface area (TPSA) is 68.4 Å². The monoisotopic (exact) mass is 207 g/mol. The van der Waals surface area contributed by atoms with Crippen LogP contribution in [0.1, 0.15) is 11.3 Å². The fourth-order valence-electron chi connectivity index (χ4n) is 1.55. The molecule has 2 N–H and O–H groups in total. The highest BCUT2D eigenvalue weighted by molar-refractivity contribution is 5.69. The van der Waals surface area contributed by atoms with Gasteiger partial charge < -0.3 is 10.5 Å². The molecule has 1 aliphatic heterocycles. The number of nitrogens with two attached hydrogens (primary N) is 1. The van der Waals surface area contributed by atoms with Gasteiger partial charge in [0.05, 0.1) is 18.8 Å². The lowest BCUT2D eigenvalue weighted by Crippen LogP contribution is -2.25. The second-order valence-electron chi connectivity index (χ2n) is 3.35. The molecular weight excluding hydrogens is 194 g/mol. The van der Waals surface area contributed by atoms with Gasteiger partial charge in [0.1, 0.15) is 6.61 Å². The van der Waals surface area contributed by atoms with Crippen molar-refractivity contribution < 1.29 is 9.53 Å². The molecule has 0 spiro atoms. The minimum Gasteiger partial charge on any atom is -0.448 e. The number of carbonyl (C=O) groups is 1. The molecule has 5 nitrogen and oxygen atoms in total. The number of amides is 1. The molecule has 0 atom stereocenters. The Morgan fingerprint density at radius 2 is 2.47 bits per heavy atom. The van der Waals surface area contributed by atoms with Crippen molar-refractivity contribution in [3.05, 3.63) is 29.6 Å². The Morgan fingerprint density at radius 1 is 1.60 bits per heavy atom. The molecule has 1 fully saturated rings. The van der Waals surface area contributed by atoms with Crippen LogP contribution in [-0.4, -0.2) is 29.1 Å². The van der Waals surface area contributed by atoms with E-state index in [2.05, 4.69) is 4.98 Å². The Morgan fingerprint density at radius 3 is 3.13 bits per heavy atom. The largest absolute Gasteiger partial charge is 0.448 e. The SMILES string of the molecule is NCc1cccnc1CN1CCOC1=O. The zero-order valence-electron chi connectivity index (χ0n) is 8.35. The molecule has 0 aromatic carbocycles. The summed E-state index contributed by atoms with van der Waals surface area (Å²) in [6, 6.07) is 3.76. The summed E-state index contributed by atoms with van der Waals surface area (Å²) in [7, 11) is 0. The van der Waals surface area contributed by atoms with Crippen LogP contribution in [0, 0.1) is 0 Å². The van der Waals surface area contributed by atoms with Gasteiger partial charge in [-0.05, 0) is 11.6 Å². The van der Waals surface area contributed by atoms with Crippen molar-refractivity contribution in [3.8, 4) is 0 Å². The molecule has 1 aromatic heterocycles. The van der Waals surface area contributed by atoms with Crippen LogP contribution < -0.4 is 5.73 Å². The third-order valence-corrected chi connectivity index (χ3v) is 2.39. The van der Waals surface area contributed by atoms with E-state index in [4.69, 9.17) is 10.5 Å². The van der Waals surface area contributed by atoms with E-state index in [1.807, 2.05) is 12.1 Å². The summed E-state index contributed by atoms with van der Waals surface area (Å²) in [6.45, 7) is 2.00. The fourth-order valence-corrected chi connectivity index (χ4v) is 1.55. The first-order chi connectivity index (χ1) is 7.31. The number of hydrogen-bond acceptors (Lipinski definition) is 4. The minimum absolute atomic E-state index is 0.274. The van der Waals surface area contributed by atoms with E-state index in [1.54, 1.807) is 11.1 Å². The molecule has 1 aromatic rings. The number of nitrogens with zero attached hydrogens (tertiary/aromatic N) is 2. The van der Waals surface area contributed by atoms with E-state index >= 15 is 0 Å². The molecular formula is C10H13N3O2. The summed E-state index contributed by atoms with van der Waals surface area (Å²) in [4.78, 5) is 17.1. The van der Waals surface area contributed by atoms with Gasteiger partial charge in [-0.25, -0.2) is 4.79 Å². The highest BCUT2D eigenvalue weighted by Crippen LogP contribution is 2.11. The van der Waals surface area contributed by atoms with Gasteiger partial charge in [0.25, 0.3) is 0 Å². The number of pyridine rings is 1. The molecule has 1 saturated heterocycles. The molecule has 0 aliphatic carbocycles. The maximum Gasteiger partial charge on any atom is 0.410 e. The first-order valence-corrected chi connectivity index (χ1v) is 4.86. The van der Waals surface area contributed by atoms with Crippen LogP contribution in [0.15, 0.2) is 18.3 Å². The second-order valence-corrected chi connectivity index (χ2v) is 3.35. The summed E-state index contributed by atoms with van der Waals surface area (Å²) in [5, 5.41) is 0. The fraction of sp³-hybridized carbons (Fsp3) is 0.400. The lowest BCUT2D eigenvalue weighted by molar-refractivity contribution is 0.157.